The lowest BCUT2D eigenvalue weighted by molar-refractivity contribution is -0.141. The second-order valence-electron chi connectivity index (χ2n) is 3.76. The van der Waals surface area contributed by atoms with E-state index in [1.807, 2.05) is 0 Å². The standard InChI is InChI=1S/C12H15ClN2O3/c1-7(12(17)18-3)14-9-4-5-11(10(13)6-9)15-8(2)16/h4-7,14H,1-3H3,(H,15,16). The first kappa shape index (κ1) is 14.3. The van der Waals surface area contributed by atoms with Crippen molar-refractivity contribution in [3.63, 3.8) is 0 Å². The van der Waals surface area contributed by atoms with Crippen LogP contribution in [0.5, 0.6) is 0 Å². The quantitative estimate of drug-likeness (QED) is 0.824. The monoisotopic (exact) mass is 270 g/mol. The molecule has 1 amide bonds. The number of carbonyl (C=O) groups is 2. The lowest BCUT2D eigenvalue weighted by atomic mass is 10.2. The molecule has 1 rings (SSSR count). The molecule has 0 heterocycles. The summed E-state index contributed by atoms with van der Waals surface area (Å²) in [6, 6.07) is 4.54. The Labute approximate surface area is 110 Å². The zero-order chi connectivity index (χ0) is 13.7. The second-order valence-corrected chi connectivity index (χ2v) is 4.17. The number of hydrogen-bond acceptors (Lipinski definition) is 4. The van der Waals surface area contributed by atoms with Crippen LogP contribution in [0.25, 0.3) is 0 Å². The van der Waals surface area contributed by atoms with E-state index < -0.39 is 6.04 Å². The lowest BCUT2D eigenvalue weighted by Crippen LogP contribution is -2.27. The Kier molecular flexibility index (Phi) is 4.97. The summed E-state index contributed by atoms with van der Waals surface area (Å²) in [5, 5.41) is 5.94. The third kappa shape index (κ3) is 3.92. The number of halogens is 1. The van der Waals surface area contributed by atoms with E-state index in [0.29, 0.717) is 16.4 Å². The fourth-order valence-electron chi connectivity index (χ4n) is 1.38. The molecule has 0 radical (unpaired) electrons. The van der Waals surface area contributed by atoms with Crippen LogP contribution >= 0.6 is 11.6 Å². The number of esters is 1. The van der Waals surface area contributed by atoms with Crippen LogP contribution < -0.4 is 10.6 Å². The summed E-state index contributed by atoms with van der Waals surface area (Å²) in [5.74, 6) is -0.558. The minimum atomic E-state index is -0.474. The summed E-state index contributed by atoms with van der Waals surface area (Å²) in [4.78, 5) is 22.1. The van der Waals surface area contributed by atoms with Crippen molar-refractivity contribution in [1.82, 2.24) is 0 Å². The molecule has 0 aliphatic heterocycles. The molecule has 0 fully saturated rings. The Morgan fingerprint density at radius 3 is 2.56 bits per heavy atom. The maximum absolute atomic E-state index is 11.2. The Bertz CT molecular complexity index is 463. The van der Waals surface area contributed by atoms with Crippen LogP contribution in [0.2, 0.25) is 5.02 Å². The van der Waals surface area contributed by atoms with Gasteiger partial charge in [0.15, 0.2) is 0 Å². The molecule has 5 nitrogen and oxygen atoms in total. The molecule has 6 heteroatoms. The molecular formula is C12H15ClN2O3. The average molecular weight is 271 g/mol. The van der Waals surface area contributed by atoms with Crippen molar-refractivity contribution >= 4 is 34.9 Å². The number of benzene rings is 1. The van der Waals surface area contributed by atoms with Crippen molar-refractivity contribution in [2.45, 2.75) is 19.9 Å². The van der Waals surface area contributed by atoms with Gasteiger partial charge in [0.25, 0.3) is 0 Å². The summed E-state index contributed by atoms with van der Waals surface area (Å²) in [5.41, 5.74) is 1.20. The Hall–Kier alpha value is -1.75. The molecule has 0 aromatic heterocycles. The molecule has 1 atom stereocenters. The van der Waals surface area contributed by atoms with E-state index in [4.69, 9.17) is 11.6 Å². The van der Waals surface area contributed by atoms with Gasteiger partial charge < -0.3 is 15.4 Å². The summed E-state index contributed by atoms with van der Waals surface area (Å²) in [7, 11) is 1.33. The Balaban J connectivity index is 2.78. The molecule has 1 aromatic rings. The van der Waals surface area contributed by atoms with Crippen molar-refractivity contribution in [1.29, 1.82) is 0 Å². The molecular weight excluding hydrogens is 256 g/mol. The summed E-state index contributed by atoms with van der Waals surface area (Å²) < 4.78 is 4.60. The zero-order valence-electron chi connectivity index (χ0n) is 10.4. The van der Waals surface area contributed by atoms with Crippen molar-refractivity contribution in [3.8, 4) is 0 Å². The summed E-state index contributed by atoms with van der Waals surface area (Å²) in [6.07, 6.45) is 0. The third-order valence-electron chi connectivity index (χ3n) is 2.22. The van der Waals surface area contributed by atoms with Crippen LogP contribution in [0.4, 0.5) is 11.4 Å². The Morgan fingerprint density at radius 1 is 1.39 bits per heavy atom. The highest BCUT2D eigenvalue weighted by Gasteiger charge is 2.13. The molecule has 0 saturated heterocycles. The van der Waals surface area contributed by atoms with Crippen LogP contribution in [-0.4, -0.2) is 25.0 Å². The smallest absolute Gasteiger partial charge is 0.327 e. The van der Waals surface area contributed by atoms with Crippen LogP contribution in [0.3, 0.4) is 0 Å². The normalized spacial score (nSPS) is 11.6. The molecule has 1 aromatic carbocycles. The molecule has 0 aliphatic rings. The number of carbonyl (C=O) groups excluding carboxylic acids is 2. The van der Waals surface area contributed by atoms with Gasteiger partial charge in [-0.25, -0.2) is 4.79 Å². The molecule has 18 heavy (non-hydrogen) atoms. The second kappa shape index (κ2) is 6.26. The lowest BCUT2D eigenvalue weighted by Gasteiger charge is -2.14. The molecule has 0 aliphatic carbocycles. The topological polar surface area (TPSA) is 67.4 Å². The first-order valence-corrected chi connectivity index (χ1v) is 5.73. The van der Waals surface area contributed by atoms with E-state index in [1.54, 1.807) is 25.1 Å². The van der Waals surface area contributed by atoms with Crippen LogP contribution in [0.1, 0.15) is 13.8 Å². The molecule has 0 bridgehead atoms. The molecule has 2 N–H and O–H groups in total. The van der Waals surface area contributed by atoms with Crippen LogP contribution in [-0.2, 0) is 14.3 Å². The number of ether oxygens (including phenoxy) is 1. The maximum atomic E-state index is 11.2. The van der Waals surface area contributed by atoms with E-state index in [-0.39, 0.29) is 11.9 Å². The number of hydrogen-bond donors (Lipinski definition) is 2. The van der Waals surface area contributed by atoms with Crippen LogP contribution in [0.15, 0.2) is 18.2 Å². The van der Waals surface area contributed by atoms with Crippen molar-refractivity contribution in [2.75, 3.05) is 17.7 Å². The Morgan fingerprint density at radius 2 is 2.06 bits per heavy atom. The highest BCUT2D eigenvalue weighted by atomic mass is 35.5. The van der Waals surface area contributed by atoms with Gasteiger partial charge in [0, 0.05) is 12.6 Å². The number of methoxy groups -OCH3 is 1. The minimum Gasteiger partial charge on any atom is -0.467 e. The number of anilines is 2. The van der Waals surface area contributed by atoms with Gasteiger partial charge in [0.2, 0.25) is 5.91 Å². The predicted octanol–water partition coefficient (Wildman–Crippen LogP) is 2.27. The SMILES string of the molecule is COC(=O)C(C)Nc1ccc(NC(C)=O)c(Cl)c1. The first-order chi connectivity index (χ1) is 8.43. The van der Waals surface area contributed by atoms with Gasteiger partial charge in [0.05, 0.1) is 17.8 Å². The number of amides is 1. The summed E-state index contributed by atoms with van der Waals surface area (Å²) in [6.45, 7) is 3.09. The first-order valence-electron chi connectivity index (χ1n) is 5.35. The van der Waals surface area contributed by atoms with Crippen molar-refractivity contribution in [2.24, 2.45) is 0 Å². The molecule has 1 unspecified atom stereocenters. The van der Waals surface area contributed by atoms with E-state index in [1.165, 1.54) is 14.0 Å². The average Bonchev–Trinajstić information content (AvgIpc) is 2.31. The van der Waals surface area contributed by atoms with Crippen molar-refractivity contribution < 1.29 is 14.3 Å². The fraction of sp³-hybridized carbons (Fsp3) is 0.333. The van der Waals surface area contributed by atoms with Gasteiger partial charge in [-0.1, -0.05) is 11.6 Å². The van der Waals surface area contributed by atoms with Gasteiger partial charge in [0.1, 0.15) is 6.04 Å². The highest BCUT2D eigenvalue weighted by molar-refractivity contribution is 6.34. The molecule has 98 valence electrons. The fourth-order valence-corrected chi connectivity index (χ4v) is 1.61. The van der Waals surface area contributed by atoms with E-state index in [9.17, 15) is 9.59 Å². The summed E-state index contributed by atoms with van der Waals surface area (Å²) >= 11 is 6.00. The number of nitrogens with one attached hydrogen (secondary N) is 2. The zero-order valence-corrected chi connectivity index (χ0v) is 11.2. The molecule has 0 spiro atoms. The van der Waals surface area contributed by atoms with Gasteiger partial charge in [-0.15, -0.1) is 0 Å². The molecule has 0 saturated carbocycles. The van der Waals surface area contributed by atoms with E-state index in [0.717, 1.165) is 0 Å². The highest BCUT2D eigenvalue weighted by Crippen LogP contribution is 2.25. The van der Waals surface area contributed by atoms with Gasteiger partial charge >= 0.3 is 5.97 Å². The van der Waals surface area contributed by atoms with Crippen molar-refractivity contribution in [3.05, 3.63) is 23.2 Å². The third-order valence-corrected chi connectivity index (χ3v) is 2.53. The predicted molar refractivity (Wildman–Crippen MR) is 70.9 cm³/mol. The van der Waals surface area contributed by atoms with Gasteiger partial charge in [-0.3, -0.25) is 4.79 Å². The van der Waals surface area contributed by atoms with E-state index in [2.05, 4.69) is 15.4 Å². The minimum absolute atomic E-state index is 0.194. The van der Waals surface area contributed by atoms with Crippen LogP contribution in [0, 0.1) is 0 Å². The largest absolute Gasteiger partial charge is 0.467 e. The number of rotatable bonds is 4. The maximum Gasteiger partial charge on any atom is 0.327 e. The van der Waals surface area contributed by atoms with E-state index >= 15 is 0 Å². The van der Waals surface area contributed by atoms with Gasteiger partial charge in [-0.2, -0.15) is 0 Å². The van der Waals surface area contributed by atoms with Gasteiger partial charge in [-0.05, 0) is 25.1 Å².